The summed E-state index contributed by atoms with van der Waals surface area (Å²) in [5.41, 5.74) is 3.26. The summed E-state index contributed by atoms with van der Waals surface area (Å²) in [7, 11) is 0. The number of carbonyl (C=O) groups is 3. The molecule has 2 aromatic carbocycles. The Morgan fingerprint density at radius 2 is 2.00 bits per heavy atom. The number of ether oxygens (including phenoxy) is 1. The molecule has 1 heterocycles. The number of carbonyl (C=O) groups excluding carboxylic acids is 2. The van der Waals surface area contributed by atoms with E-state index in [-0.39, 0.29) is 17.4 Å². The number of amides is 2. The minimum absolute atomic E-state index is 0.0278. The van der Waals surface area contributed by atoms with Crippen LogP contribution in [0, 0.1) is 6.92 Å². The Morgan fingerprint density at radius 3 is 2.75 bits per heavy atom. The minimum atomic E-state index is -0.989. The van der Waals surface area contributed by atoms with Gasteiger partial charge < -0.3 is 20.5 Å². The van der Waals surface area contributed by atoms with E-state index in [0.29, 0.717) is 43.5 Å². The summed E-state index contributed by atoms with van der Waals surface area (Å²) in [6.07, 6.45) is 2.01. The zero-order valence-corrected chi connectivity index (χ0v) is 15.6. The smallest absolute Gasteiger partial charge is 0.335 e. The fourth-order valence-corrected chi connectivity index (χ4v) is 3.08. The molecule has 0 atom stereocenters. The lowest BCUT2D eigenvalue weighted by Gasteiger charge is -2.17. The fraction of sp³-hybridized carbons (Fsp3) is 0.286. The van der Waals surface area contributed by atoms with Crippen LogP contribution >= 0.6 is 0 Å². The van der Waals surface area contributed by atoms with Crippen molar-refractivity contribution in [1.29, 1.82) is 0 Å². The number of nitrogens with one attached hydrogen (secondary N) is 2. The van der Waals surface area contributed by atoms with Crippen molar-refractivity contribution in [1.82, 2.24) is 0 Å². The predicted molar refractivity (Wildman–Crippen MR) is 105 cm³/mol. The van der Waals surface area contributed by atoms with Gasteiger partial charge in [0.15, 0.2) is 0 Å². The molecular weight excluding hydrogens is 360 g/mol. The SMILES string of the molecule is Cc1cc(NC(=O)CCCOc2ccc3c(c2)CCC(=O)N3)ccc1C(=O)O. The molecule has 3 N–H and O–H groups in total. The van der Waals surface area contributed by atoms with Crippen molar-refractivity contribution in [2.24, 2.45) is 0 Å². The molecular formula is C21H22N2O5. The molecule has 0 radical (unpaired) electrons. The van der Waals surface area contributed by atoms with E-state index in [9.17, 15) is 14.4 Å². The van der Waals surface area contributed by atoms with E-state index in [2.05, 4.69) is 10.6 Å². The fourth-order valence-electron chi connectivity index (χ4n) is 3.08. The molecule has 0 saturated carbocycles. The highest BCUT2D eigenvalue weighted by atomic mass is 16.5. The van der Waals surface area contributed by atoms with Crippen LogP contribution in [0.5, 0.6) is 5.75 Å². The molecule has 0 fully saturated rings. The maximum atomic E-state index is 12.1. The van der Waals surface area contributed by atoms with Gasteiger partial charge in [-0.1, -0.05) is 0 Å². The Kier molecular flexibility index (Phi) is 5.93. The molecule has 0 aliphatic carbocycles. The van der Waals surface area contributed by atoms with Gasteiger partial charge in [0.1, 0.15) is 5.75 Å². The van der Waals surface area contributed by atoms with Crippen LogP contribution in [0.3, 0.4) is 0 Å². The molecule has 1 aliphatic rings. The van der Waals surface area contributed by atoms with E-state index >= 15 is 0 Å². The molecule has 0 spiro atoms. The third-order valence-corrected chi connectivity index (χ3v) is 4.53. The largest absolute Gasteiger partial charge is 0.494 e. The molecule has 28 heavy (non-hydrogen) atoms. The van der Waals surface area contributed by atoms with Gasteiger partial charge in [-0.2, -0.15) is 0 Å². The Balaban J connectivity index is 1.44. The Morgan fingerprint density at radius 1 is 1.18 bits per heavy atom. The standard InChI is InChI=1S/C21H22N2O5/c1-13-11-15(5-7-17(13)21(26)27)22-19(24)3-2-10-28-16-6-8-18-14(12-16)4-9-20(25)23-18/h5-8,11-12H,2-4,9-10H2,1H3,(H,22,24)(H,23,25)(H,26,27). The number of rotatable bonds is 7. The van der Waals surface area contributed by atoms with E-state index in [1.807, 2.05) is 12.1 Å². The molecule has 0 aromatic heterocycles. The second-order valence-corrected chi connectivity index (χ2v) is 6.70. The van der Waals surface area contributed by atoms with Crippen LogP contribution in [-0.2, 0) is 16.0 Å². The van der Waals surface area contributed by atoms with Crippen molar-refractivity contribution in [3.05, 3.63) is 53.1 Å². The lowest BCUT2D eigenvalue weighted by molar-refractivity contribution is -0.117. The van der Waals surface area contributed by atoms with E-state index < -0.39 is 5.97 Å². The van der Waals surface area contributed by atoms with Gasteiger partial charge in [0.25, 0.3) is 0 Å². The number of hydrogen-bond donors (Lipinski definition) is 3. The lowest BCUT2D eigenvalue weighted by atomic mass is 10.0. The summed E-state index contributed by atoms with van der Waals surface area (Å²) in [4.78, 5) is 34.4. The normalized spacial score (nSPS) is 12.7. The minimum Gasteiger partial charge on any atom is -0.494 e. The van der Waals surface area contributed by atoms with Gasteiger partial charge in [0.05, 0.1) is 12.2 Å². The number of fused-ring (bicyclic) bond motifs is 1. The summed E-state index contributed by atoms with van der Waals surface area (Å²) in [5.74, 6) is -0.397. The number of aromatic carboxylic acids is 1. The summed E-state index contributed by atoms with van der Waals surface area (Å²) in [6.45, 7) is 2.09. The number of hydrogen-bond acceptors (Lipinski definition) is 4. The summed E-state index contributed by atoms with van der Waals surface area (Å²) < 4.78 is 5.70. The molecule has 3 rings (SSSR count). The van der Waals surface area contributed by atoms with E-state index in [4.69, 9.17) is 9.84 Å². The summed E-state index contributed by atoms with van der Waals surface area (Å²) >= 11 is 0. The number of anilines is 2. The van der Waals surface area contributed by atoms with Gasteiger partial charge in [-0.3, -0.25) is 9.59 Å². The Hall–Kier alpha value is -3.35. The third kappa shape index (κ3) is 4.88. The van der Waals surface area contributed by atoms with Crippen LogP contribution in [0.1, 0.15) is 40.7 Å². The molecule has 2 aromatic rings. The first-order valence-electron chi connectivity index (χ1n) is 9.12. The average Bonchev–Trinajstić information content (AvgIpc) is 2.65. The van der Waals surface area contributed by atoms with Crippen molar-refractivity contribution >= 4 is 29.2 Å². The lowest BCUT2D eigenvalue weighted by Crippen LogP contribution is -2.18. The van der Waals surface area contributed by atoms with Crippen molar-refractivity contribution in [2.45, 2.75) is 32.6 Å². The van der Waals surface area contributed by atoms with Crippen LogP contribution in [0.4, 0.5) is 11.4 Å². The van der Waals surface area contributed by atoms with Crippen LogP contribution in [-0.4, -0.2) is 29.5 Å². The van der Waals surface area contributed by atoms with Crippen molar-refractivity contribution in [2.75, 3.05) is 17.2 Å². The first-order valence-corrected chi connectivity index (χ1v) is 9.12. The van der Waals surface area contributed by atoms with Gasteiger partial charge in [-0.05, 0) is 67.3 Å². The van der Waals surface area contributed by atoms with Gasteiger partial charge in [0.2, 0.25) is 11.8 Å². The molecule has 7 nitrogen and oxygen atoms in total. The van der Waals surface area contributed by atoms with E-state index in [0.717, 1.165) is 17.0 Å². The van der Waals surface area contributed by atoms with Crippen LogP contribution in [0.2, 0.25) is 0 Å². The summed E-state index contributed by atoms with van der Waals surface area (Å²) in [5, 5.41) is 14.6. The highest BCUT2D eigenvalue weighted by Gasteiger charge is 2.15. The Labute approximate surface area is 162 Å². The Bertz CT molecular complexity index is 923. The number of carboxylic acids is 1. The highest BCUT2D eigenvalue weighted by molar-refractivity contribution is 5.94. The van der Waals surface area contributed by atoms with Crippen LogP contribution in [0.25, 0.3) is 0 Å². The topological polar surface area (TPSA) is 105 Å². The van der Waals surface area contributed by atoms with Crippen molar-refractivity contribution in [3.8, 4) is 5.75 Å². The maximum absolute atomic E-state index is 12.1. The molecule has 1 aliphatic heterocycles. The number of aryl methyl sites for hydroxylation is 2. The third-order valence-electron chi connectivity index (χ3n) is 4.53. The maximum Gasteiger partial charge on any atom is 0.335 e. The molecule has 146 valence electrons. The zero-order chi connectivity index (χ0) is 20.1. The molecule has 0 bridgehead atoms. The van der Waals surface area contributed by atoms with E-state index in [1.165, 1.54) is 6.07 Å². The van der Waals surface area contributed by atoms with Crippen molar-refractivity contribution in [3.63, 3.8) is 0 Å². The van der Waals surface area contributed by atoms with Gasteiger partial charge >= 0.3 is 5.97 Å². The molecule has 0 saturated heterocycles. The van der Waals surface area contributed by atoms with Gasteiger partial charge in [-0.25, -0.2) is 4.79 Å². The van der Waals surface area contributed by atoms with Gasteiger partial charge in [0, 0.05) is 24.2 Å². The predicted octanol–water partition coefficient (Wildman–Crippen LogP) is 3.38. The second-order valence-electron chi connectivity index (χ2n) is 6.70. The van der Waals surface area contributed by atoms with Gasteiger partial charge in [-0.15, -0.1) is 0 Å². The average molecular weight is 382 g/mol. The number of carboxylic acid groups (broad SMARTS) is 1. The molecule has 7 heteroatoms. The van der Waals surface area contributed by atoms with Crippen LogP contribution < -0.4 is 15.4 Å². The summed E-state index contributed by atoms with van der Waals surface area (Å²) in [6, 6.07) is 10.3. The first-order chi connectivity index (χ1) is 13.4. The molecule has 0 unspecified atom stereocenters. The first kappa shape index (κ1) is 19.4. The monoisotopic (exact) mass is 382 g/mol. The molecule has 2 amide bonds. The number of benzene rings is 2. The second kappa shape index (κ2) is 8.56. The quantitative estimate of drug-likeness (QED) is 0.637. The van der Waals surface area contributed by atoms with E-state index in [1.54, 1.807) is 25.1 Å². The van der Waals surface area contributed by atoms with Crippen molar-refractivity contribution < 1.29 is 24.2 Å². The highest BCUT2D eigenvalue weighted by Crippen LogP contribution is 2.26. The van der Waals surface area contributed by atoms with Crippen LogP contribution in [0.15, 0.2) is 36.4 Å². The zero-order valence-electron chi connectivity index (χ0n) is 15.6.